The maximum Gasteiger partial charge on any atom is 0.307 e. The van der Waals surface area contributed by atoms with Crippen LogP contribution in [0.25, 0.3) is 0 Å². The van der Waals surface area contributed by atoms with E-state index >= 15 is 0 Å². The molecular formula is C23H28ClNO5S. The van der Waals surface area contributed by atoms with Crippen molar-refractivity contribution in [3.05, 3.63) is 59.1 Å². The molecule has 2 aromatic rings. The van der Waals surface area contributed by atoms with Gasteiger partial charge in [0.25, 0.3) is 0 Å². The molecule has 1 heterocycles. The topological polar surface area (TPSA) is 72.9 Å². The molecule has 1 aliphatic rings. The minimum atomic E-state index is -3.70. The summed E-state index contributed by atoms with van der Waals surface area (Å²) < 4.78 is 37.0. The van der Waals surface area contributed by atoms with Gasteiger partial charge in [0.2, 0.25) is 9.84 Å². The molecule has 0 aliphatic carbocycles. The van der Waals surface area contributed by atoms with Crippen LogP contribution in [-0.2, 0) is 24.1 Å². The van der Waals surface area contributed by atoms with Crippen molar-refractivity contribution in [1.29, 1.82) is 0 Å². The van der Waals surface area contributed by atoms with Crippen molar-refractivity contribution in [1.82, 2.24) is 4.90 Å². The summed E-state index contributed by atoms with van der Waals surface area (Å²) >= 11 is 6.08. The van der Waals surface area contributed by atoms with Gasteiger partial charge in [0.15, 0.2) is 0 Å². The Kier molecular flexibility index (Phi) is 7.42. The lowest BCUT2D eigenvalue weighted by Crippen LogP contribution is -2.40. The second kappa shape index (κ2) is 9.69. The molecule has 3 rings (SSSR count). The van der Waals surface area contributed by atoms with E-state index in [1.165, 1.54) is 6.07 Å². The molecule has 0 N–H and O–H groups in total. The quantitative estimate of drug-likeness (QED) is 0.593. The van der Waals surface area contributed by atoms with Gasteiger partial charge in [0.05, 0.1) is 33.9 Å². The fourth-order valence-electron chi connectivity index (χ4n) is 3.40. The molecule has 0 saturated carbocycles. The highest BCUT2D eigenvalue weighted by atomic mass is 35.5. The average molecular weight is 466 g/mol. The number of ether oxygens (including phenoxy) is 2. The van der Waals surface area contributed by atoms with E-state index in [0.717, 1.165) is 12.1 Å². The van der Waals surface area contributed by atoms with Gasteiger partial charge < -0.3 is 9.47 Å². The van der Waals surface area contributed by atoms with Gasteiger partial charge in [-0.15, -0.1) is 0 Å². The van der Waals surface area contributed by atoms with Gasteiger partial charge >= 0.3 is 5.97 Å². The van der Waals surface area contributed by atoms with Crippen molar-refractivity contribution in [2.75, 3.05) is 26.2 Å². The van der Waals surface area contributed by atoms with E-state index in [4.69, 9.17) is 21.1 Å². The number of carbonyl (C=O) groups excluding carboxylic acids is 1. The Morgan fingerprint density at radius 2 is 1.84 bits per heavy atom. The maximum atomic E-state index is 12.9. The molecule has 1 fully saturated rings. The maximum absolute atomic E-state index is 12.9. The molecule has 168 valence electrons. The molecule has 1 saturated heterocycles. The summed E-state index contributed by atoms with van der Waals surface area (Å²) in [6.07, 6.45) is 0.128. The second-order valence-corrected chi connectivity index (χ2v) is 10.8. The lowest BCUT2D eigenvalue weighted by molar-refractivity contribution is -0.155. The number of halogens is 1. The summed E-state index contributed by atoms with van der Waals surface area (Å²) in [6.45, 7) is 8.05. The van der Waals surface area contributed by atoms with Crippen molar-refractivity contribution in [3.8, 4) is 0 Å². The van der Waals surface area contributed by atoms with Crippen molar-refractivity contribution >= 4 is 27.4 Å². The summed E-state index contributed by atoms with van der Waals surface area (Å²) in [4.78, 5) is 14.4. The Hall–Kier alpha value is -1.93. The number of hydrogen-bond donors (Lipinski definition) is 0. The van der Waals surface area contributed by atoms with Crippen molar-refractivity contribution in [3.63, 3.8) is 0 Å². The summed E-state index contributed by atoms with van der Waals surface area (Å²) in [6, 6.07) is 13.1. The first-order chi connectivity index (χ1) is 14.6. The fourth-order valence-corrected chi connectivity index (χ4v) is 5.17. The molecule has 0 spiro atoms. The third-order valence-electron chi connectivity index (χ3n) is 4.89. The van der Waals surface area contributed by atoms with Gasteiger partial charge in [-0.05, 0) is 50.6 Å². The van der Waals surface area contributed by atoms with Gasteiger partial charge in [-0.1, -0.05) is 35.9 Å². The van der Waals surface area contributed by atoms with Gasteiger partial charge in [-0.2, -0.15) is 0 Å². The van der Waals surface area contributed by atoms with Crippen LogP contribution in [0.1, 0.15) is 38.9 Å². The van der Waals surface area contributed by atoms with Gasteiger partial charge in [0.1, 0.15) is 5.60 Å². The van der Waals surface area contributed by atoms with E-state index in [1.807, 2.05) is 20.8 Å². The predicted molar refractivity (Wildman–Crippen MR) is 119 cm³/mol. The zero-order valence-corrected chi connectivity index (χ0v) is 19.6. The SMILES string of the molecule is CC(C)(C)OC(=O)CCN1CCOC(c2ccc(S(=O)(=O)c3ccccc3Cl)cc2)C1. The molecule has 0 radical (unpaired) electrons. The van der Waals surface area contributed by atoms with Crippen LogP contribution in [0.4, 0.5) is 0 Å². The highest BCUT2D eigenvalue weighted by molar-refractivity contribution is 7.91. The van der Waals surface area contributed by atoms with E-state index < -0.39 is 15.4 Å². The molecule has 2 aromatic carbocycles. The number of benzene rings is 2. The Labute approximate surface area is 189 Å². The summed E-state index contributed by atoms with van der Waals surface area (Å²) in [5.41, 5.74) is 0.400. The number of carbonyl (C=O) groups is 1. The summed E-state index contributed by atoms with van der Waals surface area (Å²) in [5.74, 6) is -0.218. The zero-order chi connectivity index (χ0) is 22.6. The molecule has 0 aromatic heterocycles. The molecule has 1 unspecified atom stereocenters. The van der Waals surface area contributed by atoms with Crippen LogP contribution < -0.4 is 0 Å². The highest BCUT2D eigenvalue weighted by Crippen LogP contribution is 2.29. The molecule has 0 amide bonds. The van der Waals surface area contributed by atoms with Crippen LogP contribution in [0.15, 0.2) is 58.3 Å². The Bertz CT molecular complexity index is 1020. The molecule has 1 aliphatic heterocycles. The predicted octanol–water partition coefficient (Wildman–Crippen LogP) is 4.28. The second-order valence-electron chi connectivity index (χ2n) is 8.50. The summed E-state index contributed by atoms with van der Waals surface area (Å²) in [7, 11) is -3.70. The van der Waals surface area contributed by atoms with Gasteiger partial charge in [-0.25, -0.2) is 8.42 Å². The van der Waals surface area contributed by atoms with E-state index in [0.29, 0.717) is 26.1 Å². The highest BCUT2D eigenvalue weighted by Gasteiger charge is 2.25. The lowest BCUT2D eigenvalue weighted by Gasteiger charge is -2.33. The number of rotatable bonds is 6. The van der Waals surface area contributed by atoms with Crippen molar-refractivity contribution in [2.24, 2.45) is 0 Å². The molecule has 31 heavy (non-hydrogen) atoms. The lowest BCUT2D eigenvalue weighted by atomic mass is 10.1. The Morgan fingerprint density at radius 3 is 2.48 bits per heavy atom. The smallest absolute Gasteiger partial charge is 0.307 e. The minimum absolute atomic E-state index is 0.0895. The van der Waals surface area contributed by atoms with Gasteiger partial charge in [0, 0.05) is 19.6 Å². The van der Waals surface area contributed by atoms with Crippen LogP contribution in [-0.4, -0.2) is 51.1 Å². The van der Waals surface area contributed by atoms with Crippen molar-refractivity contribution in [2.45, 2.75) is 48.7 Å². The van der Waals surface area contributed by atoms with Gasteiger partial charge in [-0.3, -0.25) is 9.69 Å². The molecular weight excluding hydrogens is 438 g/mol. The Balaban J connectivity index is 1.64. The number of esters is 1. The van der Waals surface area contributed by atoms with Crippen molar-refractivity contribution < 1.29 is 22.7 Å². The molecule has 0 bridgehead atoms. The van der Waals surface area contributed by atoms with E-state index in [1.54, 1.807) is 42.5 Å². The van der Waals surface area contributed by atoms with Crippen LogP contribution in [0.3, 0.4) is 0 Å². The van der Waals surface area contributed by atoms with Crippen LogP contribution in [0, 0.1) is 0 Å². The first kappa shape index (κ1) is 23.7. The number of hydrogen-bond acceptors (Lipinski definition) is 6. The molecule has 8 heteroatoms. The first-order valence-corrected chi connectivity index (χ1v) is 12.1. The third-order valence-corrected chi connectivity index (χ3v) is 7.16. The molecule has 1 atom stereocenters. The Morgan fingerprint density at radius 1 is 1.16 bits per heavy atom. The van der Waals surface area contributed by atoms with E-state index in [9.17, 15) is 13.2 Å². The average Bonchev–Trinajstić information content (AvgIpc) is 2.71. The number of morpholine rings is 1. The zero-order valence-electron chi connectivity index (χ0n) is 18.0. The normalized spacial score (nSPS) is 18.0. The largest absolute Gasteiger partial charge is 0.460 e. The summed E-state index contributed by atoms with van der Waals surface area (Å²) in [5, 5.41) is 0.197. The number of nitrogens with zero attached hydrogens (tertiary/aromatic N) is 1. The van der Waals surface area contributed by atoms with Crippen LogP contribution in [0.5, 0.6) is 0 Å². The first-order valence-electron chi connectivity index (χ1n) is 10.2. The van der Waals surface area contributed by atoms with Crippen LogP contribution >= 0.6 is 11.6 Å². The third kappa shape index (κ3) is 6.29. The van der Waals surface area contributed by atoms with E-state index in [-0.39, 0.29) is 26.9 Å². The minimum Gasteiger partial charge on any atom is -0.460 e. The molecule has 6 nitrogen and oxygen atoms in total. The fraction of sp³-hybridized carbons (Fsp3) is 0.435. The monoisotopic (exact) mass is 465 g/mol. The standard InChI is InChI=1S/C23H28ClNO5S/c1-23(2,3)30-22(26)12-13-25-14-15-29-20(16-25)17-8-10-18(11-9-17)31(27,28)21-7-5-4-6-19(21)24/h4-11,20H,12-16H2,1-3H3. The van der Waals surface area contributed by atoms with E-state index in [2.05, 4.69) is 4.90 Å². The number of sulfone groups is 1. The van der Waals surface area contributed by atoms with Crippen LogP contribution in [0.2, 0.25) is 5.02 Å².